The third-order valence-corrected chi connectivity index (χ3v) is 6.60. The van der Waals surface area contributed by atoms with Gasteiger partial charge in [-0.05, 0) is 77.7 Å². The molecule has 0 heterocycles. The van der Waals surface area contributed by atoms with Gasteiger partial charge in [0.2, 0.25) is 0 Å². The van der Waals surface area contributed by atoms with E-state index in [1.807, 2.05) is 24.3 Å². The summed E-state index contributed by atoms with van der Waals surface area (Å²) in [5.41, 5.74) is 3.01. The number of carbonyl (C=O) groups excluding carboxylic acids is 3. The minimum atomic E-state index is -0.697. The van der Waals surface area contributed by atoms with Crippen LogP contribution in [0, 0.1) is 5.82 Å². The highest BCUT2D eigenvalue weighted by Gasteiger charge is 2.17. The number of amides is 2. The van der Waals surface area contributed by atoms with Gasteiger partial charge in [-0.1, -0.05) is 80.1 Å². The highest BCUT2D eigenvalue weighted by Crippen LogP contribution is 2.22. The van der Waals surface area contributed by atoms with Crippen LogP contribution in [-0.4, -0.2) is 17.6 Å². The number of carbonyl (C=O) groups is 3. The fourth-order valence-corrected chi connectivity index (χ4v) is 4.13. The number of allylic oxidation sites excluding steroid dienone is 1. The van der Waals surface area contributed by atoms with Crippen molar-refractivity contribution in [1.29, 1.82) is 0 Å². The first-order valence-electron chi connectivity index (χ1n) is 13.0. The van der Waals surface area contributed by atoms with Crippen LogP contribution in [0.2, 0.25) is 5.02 Å². The molecule has 0 fully saturated rings. The molecular formula is C34H28ClFN2O3. The van der Waals surface area contributed by atoms with E-state index in [1.165, 1.54) is 35.9 Å². The van der Waals surface area contributed by atoms with Crippen LogP contribution in [0.5, 0.6) is 0 Å². The zero-order valence-corrected chi connectivity index (χ0v) is 23.3. The third kappa shape index (κ3) is 7.87. The van der Waals surface area contributed by atoms with Crippen molar-refractivity contribution in [2.75, 3.05) is 5.32 Å². The molecule has 7 heteroatoms. The number of hydrogen-bond acceptors (Lipinski definition) is 3. The van der Waals surface area contributed by atoms with Crippen molar-refractivity contribution in [2.24, 2.45) is 0 Å². The molecule has 41 heavy (non-hydrogen) atoms. The maximum absolute atomic E-state index is 14.5. The molecule has 0 bridgehead atoms. The molecular weight excluding hydrogens is 539 g/mol. The Balaban J connectivity index is 1.50. The molecule has 0 radical (unpaired) electrons. The summed E-state index contributed by atoms with van der Waals surface area (Å²) in [4.78, 5) is 38.7. The Morgan fingerprint density at radius 1 is 0.805 bits per heavy atom. The number of rotatable bonds is 9. The van der Waals surface area contributed by atoms with Gasteiger partial charge in [-0.3, -0.25) is 14.4 Å². The highest BCUT2D eigenvalue weighted by molar-refractivity contribution is 6.32. The van der Waals surface area contributed by atoms with E-state index in [4.69, 9.17) is 11.6 Å². The predicted octanol–water partition coefficient (Wildman–Crippen LogP) is 7.91. The topological polar surface area (TPSA) is 75.3 Å². The molecule has 0 unspecified atom stereocenters. The lowest BCUT2D eigenvalue weighted by Crippen LogP contribution is -2.30. The summed E-state index contributed by atoms with van der Waals surface area (Å²) < 4.78 is 14.5. The van der Waals surface area contributed by atoms with E-state index in [0.29, 0.717) is 22.7 Å². The fourth-order valence-electron chi connectivity index (χ4n) is 3.91. The number of halogens is 2. The lowest BCUT2D eigenvalue weighted by Gasteiger charge is -2.12. The molecule has 2 N–H and O–H groups in total. The first-order chi connectivity index (χ1) is 19.7. The molecule has 4 aromatic rings. The molecule has 4 aromatic carbocycles. The van der Waals surface area contributed by atoms with Crippen molar-refractivity contribution in [2.45, 2.75) is 19.8 Å². The maximum Gasteiger partial charge on any atom is 0.272 e. The van der Waals surface area contributed by atoms with Crippen LogP contribution in [0.1, 0.15) is 57.2 Å². The van der Waals surface area contributed by atoms with E-state index in [9.17, 15) is 18.8 Å². The summed E-state index contributed by atoms with van der Waals surface area (Å²) in [6.45, 7) is 4.24. The van der Waals surface area contributed by atoms with E-state index in [-0.39, 0.29) is 22.1 Å². The molecule has 0 aliphatic heterocycles. The van der Waals surface area contributed by atoms with Crippen molar-refractivity contribution in [3.05, 3.63) is 147 Å². The van der Waals surface area contributed by atoms with Crippen molar-refractivity contribution in [3.8, 4) is 0 Å². The predicted molar refractivity (Wildman–Crippen MR) is 162 cm³/mol. The van der Waals surface area contributed by atoms with Crippen LogP contribution in [0.15, 0.2) is 109 Å². The Labute approximate surface area is 243 Å². The van der Waals surface area contributed by atoms with Crippen LogP contribution in [0.3, 0.4) is 0 Å². The van der Waals surface area contributed by atoms with E-state index in [1.54, 1.807) is 60.7 Å². The first-order valence-corrected chi connectivity index (χ1v) is 13.3. The smallest absolute Gasteiger partial charge is 0.272 e. The molecule has 4 rings (SSSR count). The minimum Gasteiger partial charge on any atom is -0.321 e. The van der Waals surface area contributed by atoms with Crippen molar-refractivity contribution >= 4 is 47.0 Å². The third-order valence-electron chi connectivity index (χ3n) is 6.27. The van der Waals surface area contributed by atoms with Gasteiger partial charge in [0.15, 0.2) is 5.78 Å². The average molecular weight is 567 g/mol. The summed E-state index contributed by atoms with van der Waals surface area (Å²) >= 11 is 6.16. The van der Waals surface area contributed by atoms with Gasteiger partial charge in [-0.2, -0.15) is 0 Å². The highest BCUT2D eigenvalue weighted by atomic mass is 35.5. The lowest BCUT2D eigenvalue weighted by atomic mass is 10.0. The summed E-state index contributed by atoms with van der Waals surface area (Å²) in [5.74, 6) is -1.66. The number of benzene rings is 4. The number of ketones is 1. The molecule has 206 valence electrons. The molecule has 0 saturated heterocycles. The zero-order valence-electron chi connectivity index (χ0n) is 22.5. The van der Waals surface area contributed by atoms with Gasteiger partial charge in [0.25, 0.3) is 11.8 Å². The van der Waals surface area contributed by atoms with Crippen LogP contribution in [0.4, 0.5) is 10.1 Å². The maximum atomic E-state index is 14.5. The summed E-state index contributed by atoms with van der Waals surface area (Å²) in [6.07, 6.45) is 4.43. The lowest BCUT2D eigenvalue weighted by molar-refractivity contribution is -0.113. The van der Waals surface area contributed by atoms with Crippen molar-refractivity contribution < 1.29 is 18.8 Å². The van der Waals surface area contributed by atoms with Gasteiger partial charge in [0.1, 0.15) is 11.5 Å². The van der Waals surface area contributed by atoms with Crippen molar-refractivity contribution in [1.82, 2.24) is 5.32 Å². The number of anilines is 1. The van der Waals surface area contributed by atoms with Gasteiger partial charge in [0, 0.05) is 22.4 Å². The van der Waals surface area contributed by atoms with E-state index in [2.05, 4.69) is 24.5 Å². The monoisotopic (exact) mass is 566 g/mol. The Hall–Kier alpha value is -4.81. The number of nitrogens with one attached hydrogen (secondary N) is 2. The van der Waals surface area contributed by atoms with Crippen molar-refractivity contribution in [3.63, 3.8) is 0 Å². The van der Waals surface area contributed by atoms with Crippen LogP contribution >= 0.6 is 11.6 Å². The van der Waals surface area contributed by atoms with E-state index >= 15 is 0 Å². The largest absolute Gasteiger partial charge is 0.321 e. The second-order valence-corrected chi connectivity index (χ2v) is 9.97. The molecule has 0 aliphatic carbocycles. The number of hydrogen-bond donors (Lipinski definition) is 2. The molecule has 2 amide bonds. The van der Waals surface area contributed by atoms with Crippen LogP contribution < -0.4 is 10.6 Å². The molecule has 0 saturated carbocycles. The first kappa shape index (κ1) is 29.2. The zero-order chi connectivity index (χ0) is 29.4. The summed E-state index contributed by atoms with van der Waals surface area (Å²) in [5, 5.41) is 5.31. The van der Waals surface area contributed by atoms with Crippen LogP contribution in [0.25, 0.3) is 12.2 Å². The minimum absolute atomic E-state index is 0.0424. The second-order valence-electron chi connectivity index (χ2n) is 9.56. The van der Waals surface area contributed by atoms with Gasteiger partial charge >= 0.3 is 0 Å². The molecule has 0 aliphatic rings. The Bertz CT molecular complexity index is 1590. The fraction of sp³-hybridized carbons (Fsp3) is 0.0882. The normalized spacial score (nSPS) is 11.5. The SMILES string of the molecule is CC(C)c1ccc(/C=C/C(=O)c2ccc(NC(=O)/C(=C/c3c(F)cccc3Cl)NC(=O)c3ccccc3)cc2)cc1. The molecule has 5 nitrogen and oxygen atoms in total. The van der Waals surface area contributed by atoms with Gasteiger partial charge < -0.3 is 10.6 Å². The van der Waals surface area contributed by atoms with Gasteiger partial charge in [-0.25, -0.2) is 4.39 Å². The second kappa shape index (κ2) is 13.5. The van der Waals surface area contributed by atoms with E-state index < -0.39 is 17.6 Å². The summed E-state index contributed by atoms with van der Waals surface area (Å²) in [7, 11) is 0. The quantitative estimate of drug-likeness (QED) is 0.160. The molecule has 0 spiro atoms. The Morgan fingerprint density at radius 2 is 1.49 bits per heavy atom. The average Bonchev–Trinajstić information content (AvgIpc) is 2.98. The Morgan fingerprint density at radius 3 is 2.12 bits per heavy atom. The molecule has 0 aromatic heterocycles. The summed E-state index contributed by atoms with van der Waals surface area (Å²) in [6, 6.07) is 26.8. The standard InChI is InChI=1S/C34H28ClFN2O3/c1-22(2)24-14-11-23(12-15-24)13-20-32(39)25-16-18-27(19-17-25)37-34(41)31(21-28-29(35)9-6-10-30(28)36)38-33(40)26-7-4-3-5-8-26/h3-22H,1-2H3,(H,37,41)(H,38,40)/b20-13+,31-21-. The van der Waals surface area contributed by atoms with Crippen LogP contribution in [-0.2, 0) is 4.79 Å². The Kier molecular flexibility index (Phi) is 9.61. The van der Waals surface area contributed by atoms with Gasteiger partial charge in [0.05, 0.1) is 5.02 Å². The van der Waals surface area contributed by atoms with E-state index in [0.717, 1.165) is 5.56 Å². The van der Waals surface area contributed by atoms with Gasteiger partial charge in [-0.15, -0.1) is 0 Å². The molecule has 0 atom stereocenters.